The van der Waals surface area contributed by atoms with Crippen LogP contribution in [-0.2, 0) is 22.6 Å². The maximum atomic E-state index is 12.3. The number of nitrogens with zero attached hydrogens (tertiary/aromatic N) is 1. The number of halogens is 1. The summed E-state index contributed by atoms with van der Waals surface area (Å²) in [6.45, 7) is 0.475. The van der Waals surface area contributed by atoms with Crippen LogP contribution in [0, 0.1) is 12.3 Å². The number of hydrazine groups is 1. The number of amidine groups is 1. The number of rotatable bonds is 8. The summed E-state index contributed by atoms with van der Waals surface area (Å²) < 4.78 is 0. The topological polar surface area (TPSA) is 82.6 Å². The normalized spacial score (nSPS) is 13.8. The highest BCUT2D eigenvalue weighted by atomic mass is 35.5. The van der Waals surface area contributed by atoms with Crippen LogP contribution in [-0.4, -0.2) is 17.6 Å². The molecule has 196 valence electrons. The van der Waals surface area contributed by atoms with Crippen LogP contribution in [0.5, 0.6) is 0 Å². The molecule has 1 aliphatic rings. The first-order valence-electron chi connectivity index (χ1n) is 12.3. The molecular formula is C31H27ClN4O2S. The molecule has 0 unspecified atom stereocenters. The lowest BCUT2D eigenvalue weighted by molar-refractivity contribution is -0.128. The maximum absolute atomic E-state index is 12.3. The van der Waals surface area contributed by atoms with Gasteiger partial charge in [-0.25, -0.2) is 0 Å². The van der Waals surface area contributed by atoms with Crippen molar-refractivity contribution < 1.29 is 9.59 Å². The highest BCUT2D eigenvalue weighted by molar-refractivity contribution is 8.03. The highest BCUT2D eigenvalue weighted by Gasteiger charge is 2.19. The number of aliphatic imine (C=N–C) groups is 1. The molecule has 3 aromatic rings. The molecular weight excluding hydrogens is 528 g/mol. The lowest BCUT2D eigenvalue weighted by atomic mass is 10.1. The second-order valence-electron chi connectivity index (χ2n) is 8.60. The number of carbonyl (C=O) groups is 2. The summed E-state index contributed by atoms with van der Waals surface area (Å²) in [5.41, 5.74) is 8.60. The van der Waals surface area contributed by atoms with Crippen LogP contribution in [0.2, 0.25) is 5.02 Å². The molecule has 0 saturated carbocycles. The molecule has 3 aromatic carbocycles. The number of thioether (sulfide) groups is 1. The van der Waals surface area contributed by atoms with Gasteiger partial charge in [-0.2, -0.15) is 0 Å². The number of carbonyl (C=O) groups excluding carboxylic acids is 2. The van der Waals surface area contributed by atoms with Gasteiger partial charge in [-0.15, -0.1) is 12.3 Å². The van der Waals surface area contributed by atoms with Crippen molar-refractivity contribution in [2.75, 3.05) is 0 Å². The summed E-state index contributed by atoms with van der Waals surface area (Å²) in [5.74, 6) is 2.81. The molecule has 0 atom stereocenters. The minimum absolute atomic E-state index is 0.0815. The molecule has 0 aromatic heterocycles. The van der Waals surface area contributed by atoms with Crippen molar-refractivity contribution in [3.05, 3.63) is 123 Å². The molecule has 0 bridgehead atoms. The second-order valence-corrected chi connectivity index (χ2v) is 10.1. The molecule has 0 radical (unpaired) electrons. The number of amides is 2. The third-order valence-electron chi connectivity index (χ3n) is 5.66. The Morgan fingerprint density at radius 2 is 1.67 bits per heavy atom. The van der Waals surface area contributed by atoms with Gasteiger partial charge in [-0.1, -0.05) is 90.1 Å². The van der Waals surface area contributed by atoms with E-state index in [0.29, 0.717) is 18.0 Å². The number of nitrogens with one attached hydrogen (secondary N) is 3. The smallest absolute Gasteiger partial charge is 0.242 e. The summed E-state index contributed by atoms with van der Waals surface area (Å²) in [6, 6.07) is 24.9. The minimum Gasteiger partial charge on any atom is -0.342 e. The number of hydrogen-bond donors (Lipinski definition) is 3. The van der Waals surface area contributed by atoms with Gasteiger partial charge in [-0.3, -0.25) is 25.4 Å². The fourth-order valence-corrected chi connectivity index (χ4v) is 4.94. The predicted octanol–water partition coefficient (Wildman–Crippen LogP) is 5.55. The van der Waals surface area contributed by atoms with Gasteiger partial charge in [0.1, 0.15) is 5.84 Å². The predicted molar refractivity (Wildman–Crippen MR) is 158 cm³/mol. The van der Waals surface area contributed by atoms with E-state index in [2.05, 4.69) is 22.1 Å². The monoisotopic (exact) mass is 554 g/mol. The minimum atomic E-state index is -0.330. The Labute approximate surface area is 237 Å². The Morgan fingerprint density at radius 3 is 2.44 bits per heavy atom. The third-order valence-corrected chi connectivity index (χ3v) is 7.09. The lowest BCUT2D eigenvalue weighted by Crippen LogP contribution is -2.42. The zero-order valence-electron chi connectivity index (χ0n) is 21.1. The van der Waals surface area contributed by atoms with Gasteiger partial charge >= 0.3 is 0 Å². The Kier molecular flexibility index (Phi) is 10.0. The van der Waals surface area contributed by atoms with Crippen LogP contribution < -0.4 is 16.2 Å². The number of terminal acetylenes is 1. The molecule has 0 spiro atoms. The third kappa shape index (κ3) is 8.37. The van der Waals surface area contributed by atoms with Crippen LogP contribution in [0.3, 0.4) is 0 Å². The van der Waals surface area contributed by atoms with Gasteiger partial charge in [0.25, 0.3) is 0 Å². The molecule has 0 saturated heterocycles. The maximum Gasteiger partial charge on any atom is 0.242 e. The van der Waals surface area contributed by atoms with Crippen LogP contribution in [0.25, 0.3) is 0 Å². The SMILES string of the molecule is C#CCC1=C(/C=C\CC(=O)NNC(=O)Cc2ccccc2)Sc2ccccc2C(=NCc2ccc(Cl)cc2)N1. The first-order chi connectivity index (χ1) is 19.0. The number of hydrogen-bond acceptors (Lipinski definition) is 4. The fraction of sp³-hybridized carbons (Fsp3) is 0.129. The summed E-state index contributed by atoms with van der Waals surface area (Å²) in [6.07, 6.45) is 9.93. The Bertz CT molecular complexity index is 1460. The second kappa shape index (κ2) is 14.1. The van der Waals surface area contributed by atoms with Crippen molar-refractivity contribution in [1.82, 2.24) is 16.2 Å². The molecule has 0 aliphatic carbocycles. The van der Waals surface area contributed by atoms with Gasteiger partial charge in [0.05, 0.1) is 19.4 Å². The molecule has 1 aliphatic heterocycles. The Balaban J connectivity index is 1.44. The summed E-state index contributed by atoms with van der Waals surface area (Å²) >= 11 is 7.58. The van der Waals surface area contributed by atoms with E-state index in [4.69, 9.17) is 23.0 Å². The molecule has 0 fully saturated rings. The molecule has 8 heteroatoms. The molecule has 39 heavy (non-hydrogen) atoms. The quantitative estimate of drug-likeness (QED) is 0.252. The van der Waals surface area contributed by atoms with Crippen molar-refractivity contribution in [3.8, 4) is 12.3 Å². The van der Waals surface area contributed by atoms with Crippen molar-refractivity contribution in [2.24, 2.45) is 4.99 Å². The van der Waals surface area contributed by atoms with Crippen LogP contribution in [0.15, 0.2) is 112 Å². The average Bonchev–Trinajstić information content (AvgIpc) is 3.09. The first kappa shape index (κ1) is 27.8. The van der Waals surface area contributed by atoms with E-state index in [1.54, 1.807) is 17.8 Å². The van der Waals surface area contributed by atoms with Gasteiger partial charge < -0.3 is 5.32 Å². The van der Waals surface area contributed by atoms with E-state index in [1.807, 2.05) is 84.9 Å². The van der Waals surface area contributed by atoms with Crippen molar-refractivity contribution in [3.63, 3.8) is 0 Å². The van der Waals surface area contributed by atoms with Crippen LogP contribution in [0.4, 0.5) is 0 Å². The lowest BCUT2D eigenvalue weighted by Gasteiger charge is -2.11. The van der Waals surface area contributed by atoms with Crippen molar-refractivity contribution in [1.29, 1.82) is 0 Å². The van der Waals surface area contributed by atoms with E-state index in [-0.39, 0.29) is 24.7 Å². The van der Waals surface area contributed by atoms with Gasteiger partial charge in [-0.05, 0) is 35.4 Å². The average molecular weight is 555 g/mol. The molecule has 3 N–H and O–H groups in total. The largest absolute Gasteiger partial charge is 0.342 e. The number of benzene rings is 3. The van der Waals surface area contributed by atoms with Crippen molar-refractivity contribution >= 4 is 41.0 Å². The number of allylic oxidation sites excluding steroid dienone is 2. The summed E-state index contributed by atoms with van der Waals surface area (Å²) in [7, 11) is 0. The molecule has 4 rings (SSSR count). The van der Waals surface area contributed by atoms with Gasteiger partial charge in [0.15, 0.2) is 0 Å². The van der Waals surface area contributed by atoms with E-state index < -0.39 is 0 Å². The molecule has 6 nitrogen and oxygen atoms in total. The molecule has 1 heterocycles. The van der Waals surface area contributed by atoms with Crippen LogP contribution in [0.1, 0.15) is 29.5 Å². The summed E-state index contributed by atoms with van der Waals surface area (Å²) in [5, 5.41) is 4.12. The van der Waals surface area contributed by atoms with E-state index in [1.165, 1.54) is 0 Å². The van der Waals surface area contributed by atoms with Gasteiger partial charge in [0, 0.05) is 32.5 Å². The standard InChI is InChI=1S/C31H27ClN4O2S/c1-2-9-26-28(14-8-15-29(37)35-36-30(38)20-22-10-4-3-5-11-22)39-27-13-7-6-12-25(27)31(34-26)33-21-23-16-18-24(32)19-17-23/h1,3-8,10-14,16-19H,9,15,20-21H2,(H,33,34)(H,35,37)(H,36,38)/b14-8-. The van der Waals surface area contributed by atoms with Crippen molar-refractivity contribution in [2.45, 2.75) is 30.7 Å². The zero-order valence-corrected chi connectivity index (χ0v) is 22.7. The Hall–Kier alpha value is -4.25. The fourth-order valence-electron chi connectivity index (χ4n) is 3.74. The summed E-state index contributed by atoms with van der Waals surface area (Å²) in [4.78, 5) is 31.2. The first-order valence-corrected chi connectivity index (χ1v) is 13.5. The van der Waals surface area contributed by atoms with Gasteiger partial charge in [0.2, 0.25) is 11.8 Å². The van der Waals surface area contributed by atoms with Crippen LogP contribution >= 0.6 is 23.4 Å². The highest BCUT2D eigenvalue weighted by Crippen LogP contribution is 2.35. The van der Waals surface area contributed by atoms with E-state index in [0.717, 1.165) is 38.0 Å². The number of fused-ring (bicyclic) bond motifs is 1. The van der Waals surface area contributed by atoms with E-state index in [9.17, 15) is 9.59 Å². The zero-order chi connectivity index (χ0) is 27.5. The van der Waals surface area contributed by atoms with E-state index >= 15 is 0 Å². The molecule has 2 amide bonds. The Morgan fingerprint density at radius 1 is 0.949 bits per heavy atom.